The Bertz CT molecular complexity index is 386. The number of likely N-dealkylation sites (tertiary alicyclic amines) is 1. The first-order valence-electron chi connectivity index (χ1n) is 17.7. The lowest BCUT2D eigenvalue weighted by Crippen LogP contribution is -2.30. The molecule has 1 nitrogen and oxygen atoms in total. The van der Waals surface area contributed by atoms with E-state index in [0.29, 0.717) is 0 Å². The molecule has 216 valence electrons. The van der Waals surface area contributed by atoms with Crippen molar-refractivity contribution < 1.29 is 0 Å². The quantitative estimate of drug-likeness (QED) is 0.0913. The van der Waals surface area contributed by atoms with Gasteiger partial charge < -0.3 is 4.90 Å². The second-order valence-electron chi connectivity index (χ2n) is 12.4. The molecule has 1 heterocycles. The zero-order valence-corrected chi connectivity index (χ0v) is 25.5. The lowest BCUT2D eigenvalue weighted by molar-refractivity contribution is 0.224. The minimum Gasteiger partial charge on any atom is -0.303 e. The van der Waals surface area contributed by atoms with Gasteiger partial charge in [-0.05, 0) is 38.9 Å². The second-order valence-corrected chi connectivity index (χ2v) is 12.4. The maximum Gasteiger partial charge on any atom is -0.00187 e. The van der Waals surface area contributed by atoms with Crippen molar-refractivity contribution in [3.63, 3.8) is 0 Å². The molecule has 0 amide bonds. The lowest BCUT2D eigenvalue weighted by Gasteiger charge is -2.26. The fraction of sp³-hybridized carbons (Fsp3) is 1.00. The van der Waals surface area contributed by atoms with Crippen molar-refractivity contribution in [1.82, 2.24) is 4.90 Å². The third-order valence-corrected chi connectivity index (χ3v) is 8.78. The Morgan fingerprint density at radius 3 is 0.833 bits per heavy atom. The maximum atomic E-state index is 2.70. The molecule has 1 rings (SSSR count). The van der Waals surface area contributed by atoms with Crippen LogP contribution in [0.1, 0.15) is 206 Å². The van der Waals surface area contributed by atoms with Gasteiger partial charge >= 0.3 is 0 Å². The number of unbranched alkanes of at least 4 members (excludes halogenated alkanes) is 27. The van der Waals surface area contributed by atoms with Crippen LogP contribution in [-0.4, -0.2) is 24.5 Å². The molecule has 1 fully saturated rings. The van der Waals surface area contributed by atoms with Gasteiger partial charge in [0.2, 0.25) is 0 Å². The van der Waals surface area contributed by atoms with Gasteiger partial charge in [0.25, 0.3) is 0 Å². The monoisotopic (exact) mass is 506 g/mol. The van der Waals surface area contributed by atoms with E-state index < -0.39 is 0 Å². The summed E-state index contributed by atoms with van der Waals surface area (Å²) in [5.41, 5.74) is 0. The predicted octanol–water partition coefficient (Wildman–Crippen LogP) is 12.4. The molecule has 0 aromatic heterocycles. The summed E-state index contributed by atoms with van der Waals surface area (Å²) in [4.78, 5) is 2.70. The normalized spacial score (nSPS) is 14.6. The molecule has 0 radical (unpaired) electrons. The van der Waals surface area contributed by atoms with Gasteiger partial charge in [0.15, 0.2) is 0 Å². The topological polar surface area (TPSA) is 3.24 Å². The molecule has 1 aliphatic heterocycles. The fourth-order valence-electron chi connectivity index (χ4n) is 6.19. The van der Waals surface area contributed by atoms with Crippen LogP contribution in [-0.2, 0) is 0 Å². The molecular formula is C35H71N. The molecule has 36 heavy (non-hydrogen) atoms. The zero-order chi connectivity index (χ0) is 25.6. The van der Waals surface area contributed by atoms with E-state index in [1.807, 2.05) is 0 Å². The highest BCUT2D eigenvalue weighted by molar-refractivity contribution is 4.64. The fourth-order valence-corrected chi connectivity index (χ4v) is 6.19. The molecule has 0 aromatic carbocycles. The minimum absolute atomic E-state index is 1.37. The highest BCUT2D eigenvalue weighted by atomic mass is 15.1. The van der Waals surface area contributed by atoms with E-state index in [0.717, 1.165) is 0 Å². The first-order chi connectivity index (χ1) is 17.9. The van der Waals surface area contributed by atoms with E-state index >= 15 is 0 Å². The lowest BCUT2D eigenvalue weighted by atomic mass is 10.0. The minimum atomic E-state index is 1.37. The van der Waals surface area contributed by atoms with E-state index in [1.165, 1.54) is 219 Å². The van der Waals surface area contributed by atoms with Gasteiger partial charge in [0.05, 0.1) is 0 Å². The molecule has 0 bridgehead atoms. The number of nitrogens with zero attached hydrogens (tertiary/aromatic N) is 1. The third-order valence-electron chi connectivity index (χ3n) is 8.78. The van der Waals surface area contributed by atoms with Crippen LogP contribution < -0.4 is 0 Å². The van der Waals surface area contributed by atoms with Gasteiger partial charge in [0.1, 0.15) is 0 Å². The van der Waals surface area contributed by atoms with Crippen molar-refractivity contribution >= 4 is 0 Å². The molecule has 1 saturated heterocycles. The van der Waals surface area contributed by atoms with E-state index in [2.05, 4.69) is 11.8 Å². The van der Waals surface area contributed by atoms with Crippen molar-refractivity contribution in [2.45, 2.75) is 206 Å². The van der Waals surface area contributed by atoms with Crippen molar-refractivity contribution in [2.75, 3.05) is 19.6 Å². The van der Waals surface area contributed by atoms with Gasteiger partial charge in [-0.3, -0.25) is 0 Å². The Kier molecular flexibility index (Phi) is 27.9. The van der Waals surface area contributed by atoms with Crippen LogP contribution in [0.5, 0.6) is 0 Å². The molecule has 1 heteroatoms. The summed E-state index contributed by atoms with van der Waals surface area (Å²) in [5.74, 6) is 0. The van der Waals surface area contributed by atoms with Crippen LogP contribution in [0.3, 0.4) is 0 Å². The van der Waals surface area contributed by atoms with Crippen LogP contribution in [0.15, 0.2) is 0 Å². The van der Waals surface area contributed by atoms with Gasteiger partial charge in [-0.25, -0.2) is 0 Å². The highest BCUT2D eigenvalue weighted by Crippen LogP contribution is 2.16. The van der Waals surface area contributed by atoms with Gasteiger partial charge in [-0.2, -0.15) is 0 Å². The molecule has 0 aromatic rings. The van der Waals surface area contributed by atoms with Gasteiger partial charge in [-0.15, -0.1) is 0 Å². The summed E-state index contributed by atoms with van der Waals surface area (Å²) in [6, 6.07) is 0. The SMILES string of the molecule is CCCCCCCCCCCCCCCCCCCCCCCCCCCCCCN1CCCCC1. The van der Waals surface area contributed by atoms with Crippen molar-refractivity contribution in [3.8, 4) is 0 Å². The summed E-state index contributed by atoms with van der Waals surface area (Å²) in [6.07, 6.45) is 45.9. The smallest absolute Gasteiger partial charge is 0.00187 e. The number of hydrogen-bond acceptors (Lipinski definition) is 1. The number of rotatable bonds is 29. The van der Waals surface area contributed by atoms with E-state index in [1.54, 1.807) is 0 Å². The van der Waals surface area contributed by atoms with Crippen LogP contribution in [0.2, 0.25) is 0 Å². The van der Waals surface area contributed by atoms with Crippen LogP contribution >= 0.6 is 0 Å². The first kappa shape index (κ1) is 34.0. The van der Waals surface area contributed by atoms with E-state index in [-0.39, 0.29) is 0 Å². The number of hydrogen-bond donors (Lipinski definition) is 0. The van der Waals surface area contributed by atoms with Gasteiger partial charge in [-0.1, -0.05) is 187 Å². The molecule has 1 aliphatic rings. The third kappa shape index (κ3) is 25.6. The van der Waals surface area contributed by atoms with Crippen LogP contribution in [0.4, 0.5) is 0 Å². The van der Waals surface area contributed by atoms with E-state index in [4.69, 9.17) is 0 Å². The molecule has 0 aliphatic carbocycles. The maximum absolute atomic E-state index is 2.70. The van der Waals surface area contributed by atoms with Crippen molar-refractivity contribution in [1.29, 1.82) is 0 Å². The summed E-state index contributed by atoms with van der Waals surface area (Å²) >= 11 is 0. The molecular weight excluding hydrogens is 434 g/mol. The number of piperidine rings is 1. The molecule has 0 atom stereocenters. The second kappa shape index (κ2) is 29.5. The zero-order valence-electron chi connectivity index (χ0n) is 25.5. The van der Waals surface area contributed by atoms with Gasteiger partial charge in [0, 0.05) is 0 Å². The predicted molar refractivity (Wildman–Crippen MR) is 165 cm³/mol. The molecule has 0 N–H and O–H groups in total. The van der Waals surface area contributed by atoms with E-state index in [9.17, 15) is 0 Å². The van der Waals surface area contributed by atoms with Crippen molar-refractivity contribution in [2.24, 2.45) is 0 Å². The first-order valence-corrected chi connectivity index (χ1v) is 17.7. The Morgan fingerprint density at radius 1 is 0.306 bits per heavy atom. The standard InChI is InChI=1S/C35H71N/c1-2-3-4-5-6-7-8-9-10-11-12-13-14-15-16-17-18-19-20-21-22-23-24-25-26-27-28-30-33-36-34-31-29-32-35-36/h2-35H2,1H3. The molecule has 0 saturated carbocycles. The highest BCUT2D eigenvalue weighted by Gasteiger charge is 2.08. The molecule has 0 spiro atoms. The summed E-state index contributed by atoms with van der Waals surface area (Å²) in [7, 11) is 0. The average molecular weight is 506 g/mol. The summed E-state index contributed by atoms with van der Waals surface area (Å²) in [6.45, 7) is 6.43. The van der Waals surface area contributed by atoms with Crippen LogP contribution in [0.25, 0.3) is 0 Å². The average Bonchev–Trinajstić information content (AvgIpc) is 2.91. The van der Waals surface area contributed by atoms with Crippen molar-refractivity contribution in [3.05, 3.63) is 0 Å². The summed E-state index contributed by atoms with van der Waals surface area (Å²) < 4.78 is 0. The molecule has 0 unspecified atom stereocenters. The van der Waals surface area contributed by atoms with Crippen LogP contribution in [0, 0.1) is 0 Å². The Hall–Kier alpha value is -0.0400. The Labute approximate surface area is 230 Å². The Morgan fingerprint density at radius 2 is 0.556 bits per heavy atom. The Balaban J connectivity index is 1.61. The largest absolute Gasteiger partial charge is 0.303 e. The summed E-state index contributed by atoms with van der Waals surface area (Å²) in [5, 5.41) is 0.